The van der Waals surface area contributed by atoms with Crippen LogP contribution in [0.15, 0.2) is 9.26 Å². The average Bonchev–Trinajstić information content (AvgIpc) is 3.03. The number of fused-ring (bicyclic) bond motifs is 6. The Morgan fingerprint density at radius 3 is 2.68 bits per heavy atom. The van der Waals surface area contributed by atoms with Crippen molar-refractivity contribution in [3.8, 4) is 11.4 Å². The van der Waals surface area contributed by atoms with Crippen molar-refractivity contribution in [3.05, 3.63) is 27.0 Å². The number of hydrogen-bond donors (Lipinski definition) is 0. The van der Waals surface area contributed by atoms with E-state index in [4.69, 9.17) is 9.57 Å². The molecule has 12 heteroatoms. The summed E-state index contributed by atoms with van der Waals surface area (Å²) in [7, 11) is 0. The maximum atomic E-state index is 12.2. The van der Waals surface area contributed by atoms with Crippen molar-refractivity contribution in [2.24, 2.45) is 0 Å². The number of aromatic nitrogens is 4. The Kier molecular flexibility index (Phi) is 2.51. The minimum absolute atomic E-state index is 0.0134. The molecule has 1 aliphatic heterocycles. The lowest BCUT2D eigenvalue weighted by Gasteiger charge is -2.28. The van der Waals surface area contributed by atoms with Gasteiger partial charge < -0.3 is 20.0 Å². The predicted molar refractivity (Wildman–Crippen MR) is 61.5 cm³/mol. The van der Waals surface area contributed by atoms with Gasteiger partial charge in [-0.3, -0.25) is 14.5 Å². The van der Waals surface area contributed by atoms with E-state index in [1.165, 1.54) is 0 Å². The molecular weight excluding hydrogens is 302 g/mol. The molecule has 2 aromatic heterocycles. The highest BCUT2D eigenvalue weighted by atomic mass is 16.9. The number of rotatable bonds is 2. The van der Waals surface area contributed by atoms with Crippen molar-refractivity contribution in [3.63, 3.8) is 0 Å². The molecule has 2 aromatic rings. The topological polar surface area (TPSA) is 150 Å². The summed E-state index contributed by atoms with van der Waals surface area (Å²) in [4.78, 5) is 5.45. The second-order valence-electron chi connectivity index (χ2n) is 4.71. The number of ether oxygens (including phenoxy) is 1. The second kappa shape index (κ2) is 4.30. The van der Waals surface area contributed by atoms with E-state index in [0.29, 0.717) is 6.61 Å². The third-order valence-electron chi connectivity index (χ3n) is 3.58. The summed E-state index contributed by atoms with van der Waals surface area (Å²) in [6.07, 6.45) is -0.671. The zero-order valence-corrected chi connectivity index (χ0v) is 11.2. The lowest BCUT2D eigenvalue weighted by atomic mass is 9.85. The van der Waals surface area contributed by atoms with Gasteiger partial charge in [-0.15, -0.1) is 0 Å². The molecule has 0 radical (unpaired) electrons. The van der Waals surface area contributed by atoms with Crippen molar-refractivity contribution in [1.82, 2.24) is 10.3 Å². The van der Waals surface area contributed by atoms with Gasteiger partial charge in [0.25, 0.3) is 5.69 Å². The van der Waals surface area contributed by atoms with Crippen LogP contribution in [0, 0.1) is 15.6 Å². The van der Waals surface area contributed by atoms with Crippen LogP contribution in [0.2, 0.25) is 0 Å². The van der Waals surface area contributed by atoms with Crippen LogP contribution in [0.4, 0.5) is 0 Å². The van der Waals surface area contributed by atoms with Crippen molar-refractivity contribution in [1.29, 1.82) is 0 Å². The molecule has 0 saturated heterocycles. The first kappa shape index (κ1) is 12.8. The zero-order chi connectivity index (χ0) is 15.4. The minimum Gasteiger partial charge on any atom is -0.372 e. The molecule has 4 rings (SSSR count). The molecule has 3 heterocycles. The minimum atomic E-state index is -0.841. The van der Waals surface area contributed by atoms with Crippen LogP contribution in [0.5, 0.6) is 0 Å². The molecular formula is C10H9N5O7. The SMILES string of the molecule is CCO[C@H]1C[C@H]2C(=[N+]([O-])O1)c1no[n+]([O-])c1-c1no[n+]([O-])c12. The Labute approximate surface area is 121 Å². The normalized spacial score (nSPS) is 22.8. The highest BCUT2D eigenvalue weighted by molar-refractivity contribution is 6.06. The largest absolute Gasteiger partial charge is 0.372 e. The highest BCUT2D eigenvalue weighted by Gasteiger charge is 2.55. The van der Waals surface area contributed by atoms with E-state index in [1.807, 2.05) is 0 Å². The van der Waals surface area contributed by atoms with Crippen molar-refractivity contribution in [2.75, 3.05) is 6.61 Å². The molecule has 0 aromatic carbocycles. The van der Waals surface area contributed by atoms with Gasteiger partial charge in [0.15, 0.2) is 6.29 Å². The van der Waals surface area contributed by atoms with Gasteiger partial charge in [0.2, 0.25) is 5.69 Å². The number of hydrogen-bond acceptors (Lipinski definition) is 9. The van der Waals surface area contributed by atoms with E-state index < -0.39 is 12.2 Å². The quantitative estimate of drug-likeness (QED) is 0.615. The van der Waals surface area contributed by atoms with Crippen LogP contribution in [0.25, 0.3) is 11.4 Å². The first-order chi connectivity index (χ1) is 10.6. The first-order valence-corrected chi connectivity index (χ1v) is 6.44. The Morgan fingerprint density at radius 2 is 1.91 bits per heavy atom. The van der Waals surface area contributed by atoms with Crippen LogP contribution < -0.4 is 9.81 Å². The third-order valence-corrected chi connectivity index (χ3v) is 3.58. The molecule has 116 valence electrons. The number of nitrogens with zero attached hydrogens (tertiary/aromatic N) is 5. The molecule has 1 aliphatic carbocycles. The van der Waals surface area contributed by atoms with E-state index >= 15 is 0 Å². The van der Waals surface area contributed by atoms with E-state index in [2.05, 4.69) is 19.6 Å². The maximum absolute atomic E-state index is 12.2. The summed E-state index contributed by atoms with van der Waals surface area (Å²) >= 11 is 0. The van der Waals surface area contributed by atoms with Gasteiger partial charge in [0.05, 0.1) is 10.3 Å². The van der Waals surface area contributed by atoms with Gasteiger partial charge >= 0.3 is 17.1 Å². The molecule has 0 fully saturated rings. The average molecular weight is 311 g/mol. The molecule has 0 bridgehead atoms. The maximum Gasteiger partial charge on any atom is 0.326 e. The Morgan fingerprint density at radius 1 is 1.18 bits per heavy atom. The molecule has 0 spiro atoms. The van der Waals surface area contributed by atoms with E-state index in [0.717, 1.165) is 0 Å². The smallest absolute Gasteiger partial charge is 0.326 e. The van der Waals surface area contributed by atoms with Crippen LogP contribution in [-0.4, -0.2) is 33.8 Å². The summed E-state index contributed by atoms with van der Waals surface area (Å²) in [6.45, 7) is 2.07. The molecule has 2 aliphatic rings. The summed E-state index contributed by atoms with van der Waals surface area (Å²) in [5, 5.41) is 42.8. The van der Waals surface area contributed by atoms with Crippen molar-refractivity contribution >= 4 is 5.71 Å². The fraction of sp³-hybridized carbons (Fsp3) is 0.500. The summed E-state index contributed by atoms with van der Waals surface area (Å²) < 4.78 is 14.3. The fourth-order valence-corrected chi connectivity index (χ4v) is 2.74. The Hall–Kier alpha value is -2.89. The third kappa shape index (κ3) is 1.52. The van der Waals surface area contributed by atoms with Gasteiger partial charge in [-0.1, -0.05) is 0 Å². The van der Waals surface area contributed by atoms with Crippen molar-refractivity contribution < 1.29 is 33.5 Å². The summed E-state index contributed by atoms with van der Waals surface area (Å²) in [6, 6.07) is 0. The molecule has 0 saturated carbocycles. The van der Waals surface area contributed by atoms with E-state index in [-0.39, 0.29) is 49.6 Å². The standard InChI is InChI=1S/C10H9N5O7/c1-2-19-5-3-4-8(13(16)20-5)6-10(15(18)22-11-6)7-9(4)14(17)21-12-7/h4-5H,2-3H2,1H3/t4-,5+/m0/s1. The van der Waals surface area contributed by atoms with Gasteiger partial charge in [0.1, 0.15) is 5.92 Å². The predicted octanol–water partition coefficient (Wildman–Crippen LogP) is -1.31. The Bertz CT molecular complexity index is 781. The van der Waals surface area contributed by atoms with E-state index in [1.54, 1.807) is 6.92 Å². The second-order valence-corrected chi connectivity index (χ2v) is 4.71. The van der Waals surface area contributed by atoms with Gasteiger partial charge in [-0.25, -0.2) is 0 Å². The van der Waals surface area contributed by atoms with Gasteiger partial charge in [-0.2, -0.15) is 0 Å². The zero-order valence-electron chi connectivity index (χ0n) is 11.2. The fourth-order valence-electron chi connectivity index (χ4n) is 2.74. The van der Waals surface area contributed by atoms with Crippen LogP contribution in [-0.2, 0) is 9.57 Å². The molecule has 0 N–H and O–H groups in total. The van der Waals surface area contributed by atoms with Gasteiger partial charge in [-0.05, 0) is 16.7 Å². The molecule has 0 unspecified atom stereocenters. The van der Waals surface area contributed by atoms with Crippen LogP contribution in [0.3, 0.4) is 0 Å². The monoisotopic (exact) mass is 311 g/mol. The summed E-state index contributed by atoms with van der Waals surface area (Å²) in [5.41, 5.74) is -0.223. The summed E-state index contributed by atoms with van der Waals surface area (Å²) in [5.74, 6) is -0.737. The lowest BCUT2D eigenvalue weighted by molar-refractivity contribution is -0.811. The van der Waals surface area contributed by atoms with E-state index in [9.17, 15) is 15.6 Å². The van der Waals surface area contributed by atoms with Crippen molar-refractivity contribution in [2.45, 2.75) is 25.6 Å². The molecule has 12 nitrogen and oxygen atoms in total. The van der Waals surface area contributed by atoms with Crippen LogP contribution >= 0.6 is 0 Å². The van der Waals surface area contributed by atoms with Gasteiger partial charge in [0, 0.05) is 17.9 Å². The first-order valence-electron chi connectivity index (χ1n) is 6.44. The lowest BCUT2D eigenvalue weighted by Crippen LogP contribution is -2.45. The Balaban J connectivity index is 1.95. The molecule has 22 heavy (non-hydrogen) atoms. The molecule has 0 amide bonds. The molecule has 2 atom stereocenters. The highest BCUT2D eigenvalue weighted by Crippen LogP contribution is 2.39. The van der Waals surface area contributed by atoms with Crippen LogP contribution in [0.1, 0.15) is 30.7 Å².